The first kappa shape index (κ1) is 24.4. The second-order valence-electron chi connectivity index (χ2n) is 8.78. The fraction of sp³-hybridized carbons (Fsp3) is 0.214. The molecule has 1 aromatic heterocycles. The summed E-state index contributed by atoms with van der Waals surface area (Å²) in [4.78, 5) is 15.1. The molecular formula is C28H29N3O3S. The molecule has 0 N–H and O–H groups in total. The Morgan fingerprint density at radius 3 is 2.17 bits per heavy atom. The zero-order valence-electron chi connectivity index (χ0n) is 20.4. The van der Waals surface area contributed by atoms with Crippen molar-refractivity contribution in [2.24, 2.45) is 0 Å². The van der Waals surface area contributed by atoms with Crippen LogP contribution in [0.4, 0.5) is 0 Å². The Kier molecular flexibility index (Phi) is 6.89. The fourth-order valence-electron chi connectivity index (χ4n) is 4.14. The van der Waals surface area contributed by atoms with Crippen LogP contribution in [0, 0.1) is 20.8 Å². The van der Waals surface area contributed by atoms with E-state index in [-0.39, 0.29) is 16.6 Å². The Balaban J connectivity index is 1.48. The number of aromatic nitrogens is 2. The molecule has 0 fully saturated rings. The number of hydrogen-bond acceptors (Lipinski definition) is 4. The molecule has 3 aromatic carbocycles. The van der Waals surface area contributed by atoms with Gasteiger partial charge in [0, 0.05) is 30.4 Å². The van der Waals surface area contributed by atoms with Crippen LogP contribution in [0.3, 0.4) is 0 Å². The summed E-state index contributed by atoms with van der Waals surface area (Å²) in [5.41, 5.74) is 6.19. The molecule has 0 saturated carbocycles. The second kappa shape index (κ2) is 9.88. The predicted octanol–water partition coefficient (Wildman–Crippen LogP) is 5.04. The molecule has 7 heteroatoms. The average Bonchev–Trinajstić information content (AvgIpc) is 3.13. The predicted molar refractivity (Wildman–Crippen MR) is 137 cm³/mol. The number of rotatable bonds is 7. The maximum absolute atomic E-state index is 13.1. The van der Waals surface area contributed by atoms with Crippen LogP contribution >= 0.6 is 0 Å². The number of benzene rings is 3. The van der Waals surface area contributed by atoms with E-state index in [1.807, 2.05) is 36.7 Å². The van der Waals surface area contributed by atoms with Gasteiger partial charge in [-0.1, -0.05) is 48.5 Å². The molecule has 0 saturated heterocycles. The summed E-state index contributed by atoms with van der Waals surface area (Å²) < 4.78 is 27.2. The van der Waals surface area contributed by atoms with E-state index in [1.165, 1.54) is 0 Å². The van der Waals surface area contributed by atoms with E-state index in [2.05, 4.69) is 13.0 Å². The van der Waals surface area contributed by atoms with Crippen LogP contribution in [0.1, 0.15) is 38.4 Å². The Bertz CT molecular complexity index is 1460. The maximum atomic E-state index is 13.1. The average molecular weight is 488 g/mol. The highest BCUT2D eigenvalue weighted by Gasteiger charge is 2.20. The van der Waals surface area contributed by atoms with Crippen molar-refractivity contribution in [2.45, 2.75) is 38.0 Å². The molecular weight excluding hydrogens is 458 g/mol. The fourth-order valence-corrected chi connectivity index (χ4v) is 5.51. The van der Waals surface area contributed by atoms with Gasteiger partial charge in [-0.25, -0.2) is 13.1 Å². The molecule has 1 amide bonds. The highest BCUT2D eigenvalue weighted by molar-refractivity contribution is 7.90. The molecule has 35 heavy (non-hydrogen) atoms. The molecule has 1 heterocycles. The lowest BCUT2D eigenvalue weighted by molar-refractivity contribution is 0.0784. The van der Waals surface area contributed by atoms with Gasteiger partial charge in [0.05, 0.1) is 22.0 Å². The van der Waals surface area contributed by atoms with Crippen LogP contribution in [-0.4, -0.2) is 36.1 Å². The minimum atomic E-state index is -3.44. The van der Waals surface area contributed by atoms with Crippen molar-refractivity contribution in [3.63, 3.8) is 0 Å². The topological polar surface area (TPSA) is 72.3 Å². The first-order chi connectivity index (χ1) is 16.7. The third kappa shape index (κ3) is 5.20. The first-order valence-corrected chi connectivity index (χ1v) is 13.1. The Hall–Kier alpha value is -3.71. The monoisotopic (exact) mass is 487 g/mol. The van der Waals surface area contributed by atoms with E-state index < -0.39 is 9.84 Å². The van der Waals surface area contributed by atoms with Crippen LogP contribution in [0.2, 0.25) is 0 Å². The van der Waals surface area contributed by atoms with Crippen LogP contribution in [0.5, 0.6) is 0 Å². The molecule has 0 spiro atoms. The molecule has 180 valence electrons. The largest absolute Gasteiger partial charge is 0.337 e. The van der Waals surface area contributed by atoms with Gasteiger partial charge >= 0.3 is 0 Å². The minimum absolute atomic E-state index is 0.113. The lowest BCUT2D eigenvalue weighted by atomic mass is 10.1. The zero-order chi connectivity index (χ0) is 25.2. The van der Waals surface area contributed by atoms with Crippen molar-refractivity contribution in [3.05, 3.63) is 113 Å². The van der Waals surface area contributed by atoms with E-state index in [1.54, 1.807) is 66.5 Å². The number of carbonyl (C=O) groups is 1. The van der Waals surface area contributed by atoms with Gasteiger partial charge in [0.2, 0.25) is 0 Å². The molecule has 4 aromatic rings. The van der Waals surface area contributed by atoms with Crippen molar-refractivity contribution in [1.82, 2.24) is 14.7 Å². The summed E-state index contributed by atoms with van der Waals surface area (Å²) in [5, 5.41) is 4.72. The summed E-state index contributed by atoms with van der Waals surface area (Å²) in [5.74, 6) is -0.248. The van der Waals surface area contributed by atoms with Crippen LogP contribution in [-0.2, 0) is 22.1 Å². The van der Waals surface area contributed by atoms with Gasteiger partial charge in [-0.05, 0) is 62.2 Å². The van der Waals surface area contributed by atoms with Crippen molar-refractivity contribution in [1.29, 1.82) is 0 Å². The lowest BCUT2D eigenvalue weighted by Crippen LogP contribution is -2.26. The van der Waals surface area contributed by atoms with Crippen LogP contribution < -0.4 is 0 Å². The Morgan fingerprint density at radius 1 is 0.886 bits per heavy atom. The van der Waals surface area contributed by atoms with Crippen molar-refractivity contribution in [2.75, 3.05) is 7.05 Å². The summed E-state index contributed by atoms with van der Waals surface area (Å²) >= 11 is 0. The molecule has 4 rings (SSSR count). The zero-order valence-corrected chi connectivity index (χ0v) is 21.2. The van der Waals surface area contributed by atoms with Gasteiger partial charge in [-0.15, -0.1) is 0 Å². The van der Waals surface area contributed by atoms with Gasteiger partial charge in [-0.3, -0.25) is 4.79 Å². The first-order valence-electron chi connectivity index (χ1n) is 11.4. The van der Waals surface area contributed by atoms with Gasteiger partial charge in [0.1, 0.15) is 0 Å². The normalized spacial score (nSPS) is 11.4. The number of carbonyl (C=O) groups excluding carboxylic acids is 1. The number of sulfone groups is 1. The SMILES string of the molecule is Cc1ccccc1-n1nc(C)c(CN(C)C(=O)c2ccc(CS(=O)(=O)c3ccccc3)cc2)c1C. The summed E-state index contributed by atoms with van der Waals surface area (Å²) in [6.07, 6.45) is 0. The number of aryl methyl sites for hydroxylation is 2. The number of para-hydroxylation sites is 1. The van der Waals surface area contributed by atoms with Gasteiger partial charge in [0.25, 0.3) is 5.91 Å². The molecule has 0 aliphatic rings. The van der Waals surface area contributed by atoms with Crippen molar-refractivity contribution in [3.8, 4) is 5.69 Å². The molecule has 0 atom stereocenters. The summed E-state index contributed by atoms with van der Waals surface area (Å²) in [7, 11) is -1.68. The number of nitrogens with zero attached hydrogens (tertiary/aromatic N) is 3. The van der Waals surface area contributed by atoms with E-state index in [0.717, 1.165) is 28.2 Å². The smallest absolute Gasteiger partial charge is 0.253 e. The van der Waals surface area contributed by atoms with Crippen LogP contribution in [0.25, 0.3) is 5.69 Å². The van der Waals surface area contributed by atoms with Gasteiger partial charge in [0.15, 0.2) is 9.84 Å². The number of hydrogen-bond donors (Lipinski definition) is 0. The van der Waals surface area contributed by atoms with E-state index in [9.17, 15) is 13.2 Å². The van der Waals surface area contributed by atoms with Gasteiger partial charge in [-0.2, -0.15) is 5.10 Å². The second-order valence-corrected chi connectivity index (χ2v) is 10.8. The molecule has 0 aliphatic heterocycles. The molecule has 0 bridgehead atoms. The molecule has 6 nitrogen and oxygen atoms in total. The highest BCUT2D eigenvalue weighted by atomic mass is 32.2. The Morgan fingerprint density at radius 2 is 1.51 bits per heavy atom. The standard InChI is InChI=1S/C28H29N3O3S/c1-20-10-8-9-13-27(20)31-22(3)26(21(2)29-31)18-30(4)28(32)24-16-14-23(15-17-24)19-35(33,34)25-11-6-5-7-12-25/h5-17H,18-19H2,1-4H3. The Labute approximate surface area is 206 Å². The van der Waals surface area contributed by atoms with Crippen molar-refractivity contribution >= 4 is 15.7 Å². The minimum Gasteiger partial charge on any atom is -0.337 e. The highest BCUT2D eigenvalue weighted by Crippen LogP contribution is 2.22. The van der Waals surface area contributed by atoms with Crippen LogP contribution in [0.15, 0.2) is 83.8 Å². The molecule has 0 unspecified atom stereocenters. The maximum Gasteiger partial charge on any atom is 0.253 e. The molecule has 0 radical (unpaired) electrons. The van der Waals surface area contributed by atoms with E-state index in [4.69, 9.17) is 5.10 Å². The van der Waals surface area contributed by atoms with E-state index >= 15 is 0 Å². The number of amides is 1. The molecule has 0 aliphatic carbocycles. The summed E-state index contributed by atoms with van der Waals surface area (Å²) in [6, 6.07) is 23.2. The third-order valence-electron chi connectivity index (χ3n) is 6.19. The van der Waals surface area contributed by atoms with Crippen molar-refractivity contribution < 1.29 is 13.2 Å². The van der Waals surface area contributed by atoms with Gasteiger partial charge < -0.3 is 4.90 Å². The lowest BCUT2D eigenvalue weighted by Gasteiger charge is -2.18. The summed E-state index contributed by atoms with van der Waals surface area (Å²) in [6.45, 7) is 6.45. The quantitative estimate of drug-likeness (QED) is 0.366. The third-order valence-corrected chi connectivity index (χ3v) is 7.89. The van der Waals surface area contributed by atoms with E-state index in [0.29, 0.717) is 17.7 Å².